The Kier molecular flexibility index (Phi) is 3.09. The molecule has 6 heteroatoms. The molecule has 2 fully saturated rings. The summed E-state index contributed by atoms with van der Waals surface area (Å²) >= 11 is 0. The lowest BCUT2D eigenvalue weighted by atomic mass is 9.70. The molecule has 0 radical (unpaired) electrons. The predicted molar refractivity (Wildman–Crippen MR) is 77.0 cm³/mol. The van der Waals surface area contributed by atoms with Crippen LogP contribution in [-0.2, 0) is 19.4 Å². The highest BCUT2D eigenvalue weighted by Crippen LogP contribution is 2.66. The van der Waals surface area contributed by atoms with Crippen molar-refractivity contribution in [3.8, 4) is 0 Å². The van der Waals surface area contributed by atoms with Gasteiger partial charge in [-0.15, -0.1) is 0 Å². The Morgan fingerprint density at radius 1 is 1.43 bits per heavy atom. The monoisotopic (exact) mass is 314 g/mol. The summed E-state index contributed by atoms with van der Waals surface area (Å²) in [5, 5.41) is 10.4. The van der Waals surface area contributed by atoms with Gasteiger partial charge in [0.15, 0.2) is 9.84 Å². The largest absolute Gasteiger partial charge is 0.438 e. The van der Waals surface area contributed by atoms with Gasteiger partial charge in [-0.3, -0.25) is 0 Å². The maximum absolute atomic E-state index is 12.7. The van der Waals surface area contributed by atoms with Crippen molar-refractivity contribution in [2.24, 2.45) is 16.7 Å². The number of hydrogen-bond donors (Lipinski definition) is 1. The van der Waals surface area contributed by atoms with Crippen LogP contribution >= 0.6 is 0 Å². The maximum Gasteiger partial charge on any atom is 0.335 e. The fraction of sp³-hybridized carbons (Fsp3) is 0.800. The van der Waals surface area contributed by atoms with Crippen LogP contribution < -0.4 is 0 Å². The van der Waals surface area contributed by atoms with E-state index in [1.807, 2.05) is 0 Å². The number of rotatable bonds is 3. The highest BCUT2D eigenvalue weighted by atomic mass is 32.2. The van der Waals surface area contributed by atoms with E-state index in [1.54, 1.807) is 6.92 Å². The second-order valence-electron chi connectivity index (χ2n) is 7.30. The number of carbonyl (C=O) groups excluding carboxylic acids is 1. The van der Waals surface area contributed by atoms with Gasteiger partial charge in [0, 0.05) is 11.0 Å². The van der Waals surface area contributed by atoms with E-state index in [4.69, 9.17) is 4.74 Å². The number of cyclic esters (lactones) is 1. The minimum absolute atomic E-state index is 0.119. The molecule has 0 spiro atoms. The number of hydrogen-bond acceptors (Lipinski definition) is 5. The summed E-state index contributed by atoms with van der Waals surface area (Å²) in [6, 6.07) is 0. The number of sulfone groups is 1. The van der Waals surface area contributed by atoms with E-state index in [0.29, 0.717) is 24.3 Å². The Balaban J connectivity index is 1.91. The number of esters is 1. The highest BCUT2D eigenvalue weighted by Gasteiger charge is 2.65. The lowest BCUT2D eigenvalue weighted by Gasteiger charge is -2.40. The first-order valence-electron chi connectivity index (χ1n) is 7.39. The molecule has 0 aromatic rings. The van der Waals surface area contributed by atoms with Crippen LogP contribution in [0.3, 0.4) is 0 Å². The SMILES string of the molecule is CC1=C[C@@H](S(=O)(=O)C[C@]23CC[C@H](C[C@H]2O)C3(C)C)OC1=O. The first-order valence-corrected chi connectivity index (χ1v) is 9.11. The van der Waals surface area contributed by atoms with Crippen LogP contribution in [0.1, 0.15) is 40.0 Å². The third kappa shape index (κ3) is 1.91. The minimum Gasteiger partial charge on any atom is -0.438 e. The van der Waals surface area contributed by atoms with E-state index in [1.165, 1.54) is 6.08 Å². The van der Waals surface area contributed by atoms with Gasteiger partial charge in [0.05, 0.1) is 11.9 Å². The third-order valence-corrected chi connectivity index (χ3v) is 7.99. The topological polar surface area (TPSA) is 80.7 Å². The summed E-state index contributed by atoms with van der Waals surface area (Å²) in [6.07, 6.45) is 3.12. The molecule has 0 aromatic heterocycles. The van der Waals surface area contributed by atoms with Gasteiger partial charge in [-0.05, 0) is 43.6 Å². The van der Waals surface area contributed by atoms with Crippen molar-refractivity contribution >= 4 is 15.8 Å². The molecule has 2 saturated carbocycles. The van der Waals surface area contributed by atoms with E-state index in [0.717, 1.165) is 6.42 Å². The van der Waals surface area contributed by atoms with Crippen molar-refractivity contribution in [1.29, 1.82) is 0 Å². The smallest absolute Gasteiger partial charge is 0.335 e. The molecule has 2 aliphatic carbocycles. The van der Waals surface area contributed by atoms with Crippen molar-refractivity contribution in [2.75, 3.05) is 5.75 Å². The molecule has 3 rings (SSSR count). The molecule has 3 aliphatic rings. The zero-order valence-electron chi connectivity index (χ0n) is 12.6. The first-order chi connectivity index (χ1) is 9.60. The van der Waals surface area contributed by atoms with Gasteiger partial charge < -0.3 is 9.84 Å². The molecular weight excluding hydrogens is 292 g/mol. The molecule has 0 saturated heterocycles. The maximum atomic E-state index is 12.7. The van der Waals surface area contributed by atoms with Gasteiger partial charge in [-0.2, -0.15) is 0 Å². The van der Waals surface area contributed by atoms with Crippen LogP contribution in [0.2, 0.25) is 0 Å². The summed E-state index contributed by atoms with van der Waals surface area (Å²) in [4.78, 5) is 11.4. The van der Waals surface area contributed by atoms with E-state index < -0.39 is 32.8 Å². The molecule has 0 unspecified atom stereocenters. The highest BCUT2D eigenvalue weighted by molar-refractivity contribution is 7.92. The normalized spacial score (nSPS) is 41.2. The number of aliphatic hydroxyl groups excluding tert-OH is 1. The summed E-state index contributed by atoms with van der Waals surface area (Å²) < 4.78 is 30.3. The van der Waals surface area contributed by atoms with Gasteiger partial charge in [-0.25, -0.2) is 13.2 Å². The molecule has 2 bridgehead atoms. The molecule has 21 heavy (non-hydrogen) atoms. The lowest BCUT2D eigenvalue weighted by Crippen LogP contribution is -2.46. The zero-order chi connectivity index (χ0) is 15.6. The molecule has 0 aromatic carbocycles. The van der Waals surface area contributed by atoms with Gasteiger partial charge in [0.1, 0.15) is 0 Å². The summed E-state index contributed by atoms with van der Waals surface area (Å²) in [5.74, 6) is -0.324. The van der Waals surface area contributed by atoms with E-state index in [2.05, 4.69) is 13.8 Å². The van der Waals surface area contributed by atoms with Crippen LogP contribution in [-0.4, -0.2) is 36.8 Å². The predicted octanol–water partition coefficient (Wildman–Crippen LogP) is 1.42. The second-order valence-corrected chi connectivity index (χ2v) is 9.37. The Morgan fingerprint density at radius 3 is 2.52 bits per heavy atom. The Labute approximate surface area is 125 Å². The van der Waals surface area contributed by atoms with E-state index in [9.17, 15) is 18.3 Å². The van der Waals surface area contributed by atoms with Crippen LogP contribution in [0, 0.1) is 16.7 Å². The average molecular weight is 314 g/mol. The minimum atomic E-state index is -3.64. The molecule has 4 atom stereocenters. The van der Waals surface area contributed by atoms with Crippen LogP contribution in [0.5, 0.6) is 0 Å². The molecule has 5 nitrogen and oxygen atoms in total. The molecule has 1 heterocycles. The number of aliphatic hydroxyl groups is 1. The van der Waals surface area contributed by atoms with Crippen molar-refractivity contribution in [2.45, 2.75) is 51.6 Å². The molecule has 1 N–H and O–H groups in total. The summed E-state index contributed by atoms with van der Waals surface area (Å²) in [5.41, 5.74) is -1.69. The fourth-order valence-corrected chi connectivity index (χ4v) is 6.74. The fourth-order valence-electron chi connectivity index (χ4n) is 4.50. The van der Waals surface area contributed by atoms with Crippen molar-refractivity contribution in [3.05, 3.63) is 11.6 Å². The van der Waals surface area contributed by atoms with Gasteiger partial charge in [-0.1, -0.05) is 13.8 Å². The van der Waals surface area contributed by atoms with Gasteiger partial charge in [0.25, 0.3) is 0 Å². The van der Waals surface area contributed by atoms with Gasteiger partial charge >= 0.3 is 5.97 Å². The number of fused-ring (bicyclic) bond motifs is 2. The van der Waals surface area contributed by atoms with Crippen LogP contribution in [0.4, 0.5) is 0 Å². The zero-order valence-corrected chi connectivity index (χ0v) is 13.4. The van der Waals surface area contributed by atoms with Gasteiger partial charge in [0.2, 0.25) is 5.44 Å². The Bertz CT molecular complexity index is 618. The molecule has 118 valence electrons. The Morgan fingerprint density at radius 2 is 2.10 bits per heavy atom. The van der Waals surface area contributed by atoms with E-state index in [-0.39, 0.29) is 11.2 Å². The summed E-state index contributed by atoms with van der Waals surface area (Å²) in [6.45, 7) is 5.66. The van der Waals surface area contributed by atoms with Crippen molar-refractivity contribution in [3.63, 3.8) is 0 Å². The summed E-state index contributed by atoms with van der Waals surface area (Å²) in [7, 11) is -3.64. The number of carbonyl (C=O) groups is 1. The lowest BCUT2D eigenvalue weighted by molar-refractivity contribution is -0.137. The van der Waals surface area contributed by atoms with Crippen LogP contribution in [0.15, 0.2) is 11.6 Å². The second kappa shape index (κ2) is 4.32. The molecule has 0 amide bonds. The quantitative estimate of drug-likeness (QED) is 0.797. The van der Waals surface area contributed by atoms with Crippen molar-refractivity contribution in [1.82, 2.24) is 0 Å². The standard InChI is InChI=1S/C15H22O5S/c1-9-6-12(20-13(9)17)21(18,19)8-15-5-4-10(7-11(15)16)14(15,2)3/h6,10-12,16H,4-5,7-8H2,1-3H3/t10-,11-,12-,15-/m1/s1. The van der Waals surface area contributed by atoms with Crippen molar-refractivity contribution < 1.29 is 23.1 Å². The van der Waals surface area contributed by atoms with Crippen LogP contribution in [0.25, 0.3) is 0 Å². The number of ether oxygens (including phenoxy) is 1. The average Bonchev–Trinajstić information content (AvgIpc) is 2.88. The van der Waals surface area contributed by atoms with E-state index >= 15 is 0 Å². The Hall–Kier alpha value is -0.880. The molecule has 1 aliphatic heterocycles. The molecular formula is C15H22O5S. The first kappa shape index (κ1) is 15.0. The third-order valence-electron chi connectivity index (χ3n) is 6.13.